The topological polar surface area (TPSA) is 24.9 Å². The molecule has 0 saturated heterocycles. The Morgan fingerprint density at radius 1 is 1.44 bits per heavy atom. The van der Waals surface area contributed by atoms with Gasteiger partial charge in [-0.05, 0) is 25.2 Å². The van der Waals surface area contributed by atoms with Crippen LogP contribution in [0.4, 0.5) is 0 Å². The molecule has 0 saturated carbocycles. The third kappa shape index (κ3) is 3.72. The Morgan fingerprint density at radius 2 is 2.12 bits per heavy atom. The van der Waals surface area contributed by atoms with Crippen LogP contribution in [0, 0.1) is 12.3 Å². The molecule has 0 aromatic carbocycles. The van der Waals surface area contributed by atoms with E-state index < -0.39 is 0 Å². The Kier molecular flexibility index (Phi) is 5.73. The van der Waals surface area contributed by atoms with Crippen LogP contribution in [0.15, 0.2) is 5.38 Å². The molecule has 92 valence electrons. The van der Waals surface area contributed by atoms with E-state index >= 15 is 0 Å². The van der Waals surface area contributed by atoms with Crippen molar-refractivity contribution >= 4 is 22.9 Å². The van der Waals surface area contributed by atoms with E-state index in [9.17, 15) is 0 Å². The molecule has 4 heteroatoms. The fourth-order valence-corrected chi connectivity index (χ4v) is 2.77. The highest BCUT2D eigenvalue weighted by Crippen LogP contribution is 2.27. The summed E-state index contributed by atoms with van der Waals surface area (Å²) in [5.74, 6) is 0.725. The highest BCUT2D eigenvalue weighted by Gasteiger charge is 2.24. The van der Waals surface area contributed by atoms with Gasteiger partial charge in [0.15, 0.2) is 0 Å². The van der Waals surface area contributed by atoms with Crippen molar-refractivity contribution in [2.75, 3.05) is 12.4 Å². The maximum Gasteiger partial charge on any atom is 0.0897 e. The SMILES string of the molecule is CCC(CC)(CCl)CNCc1csc(C)n1. The van der Waals surface area contributed by atoms with Gasteiger partial charge in [0, 0.05) is 24.3 Å². The lowest BCUT2D eigenvalue weighted by molar-refractivity contribution is 0.286. The average molecular weight is 261 g/mol. The lowest BCUT2D eigenvalue weighted by Gasteiger charge is -2.29. The molecule has 0 bridgehead atoms. The number of rotatable bonds is 7. The predicted molar refractivity (Wildman–Crippen MR) is 72.3 cm³/mol. The smallest absolute Gasteiger partial charge is 0.0897 e. The number of alkyl halides is 1. The standard InChI is InChI=1S/C12H21ClN2S/c1-4-12(5-2,8-13)9-14-6-11-7-16-10(3)15-11/h7,14H,4-6,8-9H2,1-3H3. The monoisotopic (exact) mass is 260 g/mol. The van der Waals surface area contributed by atoms with Crippen molar-refractivity contribution in [2.24, 2.45) is 5.41 Å². The van der Waals surface area contributed by atoms with Crippen molar-refractivity contribution in [2.45, 2.75) is 40.2 Å². The molecule has 0 aliphatic carbocycles. The summed E-state index contributed by atoms with van der Waals surface area (Å²) in [6.07, 6.45) is 2.24. The van der Waals surface area contributed by atoms with E-state index in [4.69, 9.17) is 11.6 Å². The Hall–Kier alpha value is -0.120. The third-order valence-electron chi connectivity index (χ3n) is 3.26. The fourth-order valence-electron chi connectivity index (χ4n) is 1.68. The molecule has 0 spiro atoms. The van der Waals surface area contributed by atoms with Crippen LogP contribution in [-0.2, 0) is 6.54 Å². The average Bonchev–Trinajstić information content (AvgIpc) is 2.71. The minimum atomic E-state index is 0.243. The largest absolute Gasteiger partial charge is 0.311 e. The first-order valence-corrected chi connectivity index (χ1v) is 7.25. The zero-order valence-corrected chi connectivity index (χ0v) is 11.9. The molecule has 2 nitrogen and oxygen atoms in total. The maximum atomic E-state index is 6.06. The van der Waals surface area contributed by atoms with E-state index in [0.717, 1.165) is 42.5 Å². The molecule has 0 fully saturated rings. The van der Waals surface area contributed by atoms with Crippen molar-refractivity contribution in [3.8, 4) is 0 Å². The molecule has 0 amide bonds. The van der Waals surface area contributed by atoms with Crippen molar-refractivity contribution < 1.29 is 0 Å². The zero-order valence-electron chi connectivity index (χ0n) is 10.3. The van der Waals surface area contributed by atoms with Crippen molar-refractivity contribution in [1.82, 2.24) is 10.3 Å². The van der Waals surface area contributed by atoms with Crippen LogP contribution in [0.3, 0.4) is 0 Å². The highest BCUT2D eigenvalue weighted by atomic mass is 35.5. The summed E-state index contributed by atoms with van der Waals surface area (Å²) in [7, 11) is 0. The second-order valence-corrected chi connectivity index (χ2v) is 5.63. The number of nitrogens with zero attached hydrogens (tertiary/aromatic N) is 1. The summed E-state index contributed by atoms with van der Waals surface area (Å²) in [5.41, 5.74) is 1.38. The van der Waals surface area contributed by atoms with Crippen LogP contribution in [0.2, 0.25) is 0 Å². The van der Waals surface area contributed by atoms with Gasteiger partial charge in [-0.15, -0.1) is 22.9 Å². The number of hydrogen-bond donors (Lipinski definition) is 1. The second-order valence-electron chi connectivity index (χ2n) is 4.30. The van der Waals surface area contributed by atoms with E-state index in [1.54, 1.807) is 11.3 Å². The molecule has 1 N–H and O–H groups in total. The van der Waals surface area contributed by atoms with Gasteiger partial charge >= 0.3 is 0 Å². The van der Waals surface area contributed by atoms with E-state index in [0.29, 0.717) is 0 Å². The number of aromatic nitrogens is 1. The molecule has 0 aliphatic rings. The fraction of sp³-hybridized carbons (Fsp3) is 0.750. The van der Waals surface area contributed by atoms with Crippen molar-refractivity contribution in [3.05, 3.63) is 16.1 Å². The summed E-state index contributed by atoms with van der Waals surface area (Å²) in [4.78, 5) is 4.43. The van der Waals surface area contributed by atoms with Crippen LogP contribution < -0.4 is 5.32 Å². The van der Waals surface area contributed by atoms with Crippen LogP contribution in [0.5, 0.6) is 0 Å². The van der Waals surface area contributed by atoms with E-state index in [-0.39, 0.29) is 5.41 Å². The first kappa shape index (κ1) is 13.9. The summed E-state index contributed by atoms with van der Waals surface area (Å²) < 4.78 is 0. The molecule has 1 aromatic rings. The van der Waals surface area contributed by atoms with Gasteiger partial charge in [0.1, 0.15) is 0 Å². The first-order valence-electron chi connectivity index (χ1n) is 5.83. The van der Waals surface area contributed by atoms with E-state index in [2.05, 4.69) is 29.5 Å². The Labute approximate surface area is 107 Å². The minimum Gasteiger partial charge on any atom is -0.311 e. The van der Waals surface area contributed by atoms with Crippen LogP contribution in [-0.4, -0.2) is 17.4 Å². The lowest BCUT2D eigenvalue weighted by Crippen LogP contribution is -2.34. The van der Waals surface area contributed by atoms with Gasteiger partial charge in [0.05, 0.1) is 10.7 Å². The first-order chi connectivity index (χ1) is 7.65. The van der Waals surface area contributed by atoms with E-state index in [1.807, 2.05) is 6.92 Å². The van der Waals surface area contributed by atoms with E-state index in [1.165, 1.54) is 0 Å². The molecule has 0 aliphatic heterocycles. The Morgan fingerprint density at radius 3 is 2.56 bits per heavy atom. The van der Waals surface area contributed by atoms with Gasteiger partial charge in [-0.3, -0.25) is 0 Å². The van der Waals surface area contributed by atoms with Crippen molar-refractivity contribution in [1.29, 1.82) is 0 Å². The number of thiazole rings is 1. The molecule has 0 unspecified atom stereocenters. The maximum absolute atomic E-state index is 6.06. The van der Waals surface area contributed by atoms with Gasteiger partial charge in [-0.1, -0.05) is 13.8 Å². The summed E-state index contributed by atoms with van der Waals surface area (Å²) in [5, 5.41) is 6.71. The second kappa shape index (κ2) is 6.58. The predicted octanol–water partition coefficient (Wildman–Crippen LogP) is 3.59. The van der Waals surface area contributed by atoms with Gasteiger partial charge in [0.2, 0.25) is 0 Å². The summed E-state index contributed by atoms with van der Waals surface area (Å²) in [6, 6.07) is 0. The quantitative estimate of drug-likeness (QED) is 0.758. The normalized spacial score (nSPS) is 12.0. The van der Waals surface area contributed by atoms with Gasteiger partial charge in [-0.2, -0.15) is 0 Å². The van der Waals surface area contributed by atoms with Crippen molar-refractivity contribution in [3.63, 3.8) is 0 Å². The molecule has 1 heterocycles. The molecule has 1 rings (SSSR count). The third-order valence-corrected chi connectivity index (χ3v) is 4.65. The highest BCUT2D eigenvalue weighted by molar-refractivity contribution is 7.09. The zero-order chi connectivity index (χ0) is 12.0. The van der Waals surface area contributed by atoms with Gasteiger partial charge in [0.25, 0.3) is 0 Å². The van der Waals surface area contributed by atoms with Crippen LogP contribution in [0.25, 0.3) is 0 Å². The number of halogens is 1. The summed E-state index contributed by atoms with van der Waals surface area (Å²) in [6.45, 7) is 8.28. The number of hydrogen-bond acceptors (Lipinski definition) is 3. The Bertz CT molecular complexity index is 299. The van der Waals surface area contributed by atoms with Gasteiger partial charge in [-0.25, -0.2) is 4.98 Å². The lowest BCUT2D eigenvalue weighted by atomic mass is 9.84. The molecule has 0 radical (unpaired) electrons. The molecule has 16 heavy (non-hydrogen) atoms. The number of nitrogens with one attached hydrogen (secondary N) is 1. The molecular weight excluding hydrogens is 240 g/mol. The minimum absolute atomic E-state index is 0.243. The van der Waals surface area contributed by atoms with Crippen LogP contribution >= 0.6 is 22.9 Å². The van der Waals surface area contributed by atoms with Gasteiger partial charge < -0.3 is 5.32 Å². The molecular formula is C12H21ClN2S. The molecule has 0 atom stereocenters. The number of aryl methyl sites for hydroxylation is 1. The Balaban J connectivity index is 2.39. The molecule has 1 aromatic heterocycles. The van der Waals surface area contributed by atoms with Crippen LogP contribution in [0.1, 0.15) is 37.4 Å². The summed E-state index contributed by atoms with van der Waals surface area (Å²) >= 11 is 7.76.